The molecular formula is C18H21F2N3O3. The van der Waals surface area contributed by atoms with E-state index < -0.39 is 29.5 Å². The fraction of sp³-hybridized carbons (Fsp3) is 0.444. The molecule has 1 aliphatic heterocycles. The molecule has 0 spiro atoms. The summed E-state index contributed by atoms with van der Waals surface area (Å²) >= 11 is 0. The Morgan fingerprint density at radius 1 is 1.46 bits per heavy atom. The van der Waals surface area contributed by atoms with Crippen LogP contribution in [-0.4, -0.2) is 48.0 Å². The number of hydrogen-bond acceptors (Lipinski definition) is 4. The van der Waals surface area contributed by atoms with E-state index in [0.717, 1.165) is 6.20 Å². The van der Waals surface area contributed by atoms with Crippen LogP contribution in [0.2, 0.25) is 0 Å². The van der Waals surface area contributed by atoms with Gasteiger partial charge in [0, 0.05) is 37.4 Å². The van der Waals surface area contributed by atoms with E-state index >= 15 is 4.39 Å². The second-order valence-corrected chi connectivity index (χ2v) is 6.59. The summed E-state index contributed by atoms with van der Waals surface area (Å²) in [5, 5.41) is 12.5. The third-order valence-corrected chi connectivity index (χ3v) is 4.79. The van der Waals surface area contributed by atoms with Gasteiger partial charge in [0.05, 0.1) is 23.1 Å². The van der Waals surface area contributed by atoms with Crippen LogP contribution < -0.4 is 15.6 Å². The Morgan fingerprint density at radius 2 is 2.19 bits per heavy atom. The van der Waals surface area contributed by atoms with E-state index in [1.165, 1.54) is 17.6 Å². The first-order chi connectivity index (χ1) is 12.3. The number of carbonyl (C=O) groups is 1. The molecule has 8 heteroatoms. The van der Waals surface area contributed by atoms with E-state index in [1.807, 2.05) is 11.8 Å². The number of piperazine rings is 1. The molecule has 0 amide bonds. The first-order valence-electron chi connectivity index (χ1n) is 8.49. The smallest absolute Gasteiger partial charge is 0.341 e. The number of benzene rings is 1. The maximum atomic E-state index is 15.0. The minimum atomic E-state index is -1.41. The number of anilines is 1. The first kappa shape index (κ1) is 18.3. The lowest BCUT2D eigenvalue weighted by Crippen LogP contribution is -2.49. The quantitative estimate of drug-likeness (QED) is 0.866. The molecule has 1 atom stereocenters. The standard InChI is InChI=1S/C18H21F2N3O3/c1-10-8-23(6-4-21-10)14-7-13-15(11(2)16(14)20)17(24)12(18(25)26)9-22(13)5-3-19/h7,9-10,21H,3-6,8H2,1-2H3,(H,25,26). The van der Waals surface area contributed by atoms with E-state index in [-0.39, 0.29) is 23.5 Å². The molecule has 1 saturated heterocycles. The van der Waals surface area contributed by atoms with Gasteiger partial charge < -0.3 is 19.9 Å². The first-order valence-corrected chi connectivity index (χ1v) is 8.49. The highest BCUT2D eigenvalue weighted by Crippen LogP contribution is 2.29. The van der Waals surface area contributed by atoms with Crippen molar-refractivity contribution in [3.8, 4) is 0 Å². The van der Waals surface area contributed by atoms with Crippen molar-refractivity contribution in [3.63, 3.8) is 0 Å². The minimum absolute atomic E-state index is 0.0113. The maximum Gasteiger partial charge on any atom is 0.341 e. The average Bonchev–Trinajstić information content (AvgIpc) is 2.59. The highest BCUT2D eigenvalue weighted by molar-refractivity contribution is 5.95. The van der Waals surface area contributed by atoms with Crippen molar-refractivity contribution in [2.45, 2.75) is 26.4 Å². The van der Waals surface area contributed by atoms with Crippen LogP contribution >= 0.6 is 0 Å². The van der Waals surface area contributed by atoms with Crippen molar-refractivity contribution in [2.75, 3.05) is 31.2 Å². The molecule has 26 heavy (non-hydrogen) atoms. The van der Waals surface area contributed by atoms with Gasteiger partial charge in [0.15, 0.2) is 0 Å². The van der Waals surface area contributed by atoms with Crippen molar-refractivity contribution in [1.82, 2.24) is 9.88 Å². The number of carboxylic acid groups (broad SMARTS) is 1. The van der Waals surface area contributed by atoms with Crippen LogP contribution in [0.4, 0.5) is 14.5 Å². The van der Waals surface area contributed by atoms with Gasteiger partial charge in [-0.05, 0) is 19.9 Å². The second kappa shape index (κ2) is 7.03. The summed E-state index contributed by atoms with van der Waals surface area (Å²) < 4.78 is 29.4. The van der Waals surface area contributed by atoms with Crippen LogP contribution in [-0.2, 0) is 6.54 Å². The van der Waals surface area contributed by atoms with Crippen LogP contribution in [0.1, 0.15) is 22.8 Å². The van der Waals surface area contributed by atoms with Crippen molar-refractivity contribution < 1.29 is 18.7 Å². The van der Waals surface area contributed by atoms with Crippen LogP contribution in [0.3, 0.4) is 0 Å². The molecule has 0 saturated carbocycles. The molecule has 1 fully saturated rings. The third-order valence-electron chi connectivity index (χ3n) is 4.79. The number of carboxylic acids is 1. The van der Waals surface area contributed by atoms with Crippen molar-refractivity contribution in [3.05, 3.63) is 39.4 Å². The number of aryl methyl sites for hydroxylation is 2. The van der Waals surface area contributed by atoms with E-state index in [2.05, 4.69) is 5.32 Å². The van der Waals surface area contributed by atoms with Gasteiger partial charge in [0.2, 0.25) is 5.43 Å². The van der Waals surface area contributed by atoms with Gasteiger partial charge in [0.25, 0.3) is 0 Å². The molecule has 6 nitrogen and oxygen atoms in total. The lowest BCUT2D eigenvalue weighted by Gasteiger charge is -2.34. The Morgan fingerprint density at radius 3 is 2.81 bits per heavy atom. The predicted octanol–water partition coefficient (Wildman–Crippen LogP) is 1.91. The maximum absolute atomic E-state index is 15.0. The van der Waals surface area contributed by atoms with E-state index in [1.54, 1.807) is 0 Å². The largest absolute Gasteiger partial charge is 0.477 e. The van der Waals surface area contributed by atoms with Gasteiger partial charge >= 0.3 is 5.97 Å². The number of fused-ring (bicyclic) bond motifs is 1. The molecule has 1 unspecified atom stereocenters. The number of rotatable bonds is 4. The number of nitrogens with one attached hydrogen (secondary N) is 1. The monoisotopic (exact) mass is 365 g/mol. The zero-order valence-corrected chi connectivity index (χ0v) is 14.7. The molecule has 0 aliphatic carbocycles. The summed E-state index contributed by atoms with van der Waals surface area (Å²) in [6.45, 7) is 4.52. The van der Waals surface area contributed by atoms with Gasteiger partial charge in [-0.15, -0.1) is 0 Å². The number of alkyl halides is 1. The molecule has 0 radical (unpaired) electrons. The number of aromatic nitrogens is 1. The van der Waals surface area contributed by atoms with Crippen LogP contribution in [0.25, 0.3) is 10.9 Å². The van der Waals surface area contributed by atoms with E-state index in [0.29, 0.717) is 30.8 Å². The number of pyridine rings is 1. The van der Waals surface area contributed by atoms with Gasteiger partial charge in [0.1, 0.15) is 18.1 Å². The van der Waals surface area contributed by atoms with Gasteiger partial charge in [-0.25, -0.2) is 13.6 Å². The van der Waals surface area contributed by atoms with Gasteiger partial charge in [-0.3, -0.25) is 4.79 Å². The van der Waals surface area contributed by atoms with Crippen LogP contribution in [0, 0.1) is 12.7 Å². The van der Waals surface area contributed by atoms with E-state index in [9.17, 15) is 19.1 Å². The fourth-order valence-electron chi connectivity index (χ4n) is 3.50. The summed E-state index contributed by atoms with van der Waals surface area (Å²) in [5.41, 5.74) is -0.461. The number of nitrogens with zero attached hydrogens (tertiary/aromatic N) is 2. The van der Waals surface area contributed by atoms with Gasteiger partial charge in [-0.2, -0.15) is 0 Å². The Kier molecular flexibility index (Phi) is 4.95. The normalized spacial score (nSPS) is 17.7. The average molecular weight is 365 g/mol. The summed E-state index contributed by atoms with van der Waals surface area (Å²) in [6.07, 6.45) is 1.13. The SMILES string of the molecule is Cc1c(F)c(N2CCNC(C)C2)cc2c1c(=O)c(C(=O)O)cn2CCF. The second-order valence-electron chi connectivity index (χ2n) is 6.59. The minimum Gasteiger partial charge on any atom is -0.477 e. The summed E-state index contributed by atoms with van der Waals surface area (Å²) in [5.74, 6) is -1.96. The highest BCUT2D eigenvalue weighted by Gasteiger charge is 2.24. The lowest BCUT2D eigenvalue weighted by atomic mass is 10.0. The molecule has 1 aromatic carbocycles. The Balaban J connectivity index is 2.30. The third kappa shape index (κ3) is 3.05. The lowest BCUT2D eigenvalue weighted by molar-refractivity contribution is 0.0694. The molecule has 2 N–H and O–H groups in total. The summed E-state index contributed by atoms with van der Waals surface area (Å²) in [4.78, 5) is 25.8. The van der Waals surface area contributed by atoms with Crippen LogP contribution in [0.5, 0.6) is 0 Å². The highest BCUT2D eigenvalue weighted by atomic mass is 19.1. The van der Waals surface area contributed by atoms with Gasteiger partial charge in [-0.1, -0.05) is 0 Å². The molecular weight excluding hydrogens is 344 g/mol. The van der Waals surface area contributed by atoms with Crippen molar-refractivity contribution in [2.24, 2.45) is 0 Å². The number of hydrogen-bond donors (Lipinski definition) is 2. The number of aromatic carboxylic acids is 1. The topological polar surface area (TPSA) is 74.6 Å². The van der Waals surface area contributed by atoms with Crippen molar-refractivity contribution in [1.29, 1.82) is 0 Å². The molecule has 3 rings (SSSR count). The molecule has 140 valence electrons. The zero-order valence-electron chi connectivity index (χ0n) is 14.7. The van der Waals surface area contributed by atoms with Crippen LogP contribution in [0.15, 0.2) is 17.1 Å². The molecule has 2 heterocycles. The fourth-order valence-corrected chi connectivity index (χ4v) is 3.50. The Labute approximate surface area is 149 Å². The molecule has 1 aromatic heterocycles. The van der Waals surface area contributed by atoms with Crippen molar-refractivity contribution >= 4 is 22.6 Å². The summed E-state index contributed by atoms with van der Waals surface area (Å²) in [6, 6.07) is 1.71. The Hall–Kier alpha value is -2.48. The molecule has 0 bridgehead atoms. The Bertz CT molecular complexity index is 926. The number of halogens is 2. The zero-order chi connectivity index (χ0) is 19.0. The van der Waals surface area contributed by atoms with E-state index in [4.69, 9.17) is 0 Å². The summed E-state index contributed by atoms with van der Waals surface area (Å²) in [7, 11) is 0. The predicted molar refractivity (Wildman–Crippen MR) is 95.5 cm³/mol. The molecule has 2 aromatic rings. The molecule has 1 aliphatic rings.